The van der Waals surface area contributed by atoms with Gasteiger partial charge in [-0.1, -0.05) is 55.4 Å². The maximum atomic E-state index is 14.4. The zero-order valence-electron chi connectivity index (χ0n) is 47.5. The van der Waals surface area contributed by atoms with Gasteiger partial charge in [-0.25, -0.2) is 4.79 Å². The summed E-state index contributed by atoms with van der Waals surface area (Å²) in [5.74, 6) is -9.83. The van der Waals surface area contributed by atoms with Gasteiger partial charge in [-0.05, 0) is 95.3 Å². The number of aliphatic hydroxyl groups is 2. The molecule has 0 aromatic carbocycles. The molecular weight excluding hydrogens is 1030 g/mol. The van der Waals surface area contributed by atoms with E-state index in [1.54, 1.807) is 27.7 Å². The van der Waals surface area contributed by atoms with Crippen molar-refractivity contribution in [2.45, 2.75) is 194 Å². The van der Waals surface area contributed by atoms with Crippen molar-refractivity contribution in [1.29, 1.82) is 0 Å². The molecule has 0 aromatic rings. The second-order valence-corrected chi connectivity index (χ2v) is 21.6. The number of carboxylic acid groups (broad SMARTS) is 1. The number of aliphatic carboxylic acids is 1. The summed E-state index contributed by atoms with van der Waals surface area (Å²) in [4.78, 5) is 144. The van der Waals surface area contributed by atoms with Gasteiger partial charge in [-0.2, -0.15) is 0 Å². The number of hydrogen-bond donors (Lipinski definition) is 16. The Morgan fingerprint density at radius 1 is 0.544 bits per heavy atom. The highest BCUT2D eigenvalue weighted by atomic mass is 16.4. The first-order valence-electron chi connectivity index (χ1n) is 26.9. The van der Waals surface area contributed by atoms with E-state index in [-0.39, 0.29) is 94.3 Å². The maximum absolute atomic E-state index is 14.4. The molecule has 0 spiro atoms. The van der Waals surface area contributed by atoms with Crippen molar-refractivity contribution in [3.63, 3.8) is 0 Å². The van der Waals surface area contributed by atoms with Crippen LogP contribution in [0.5, 0.6) is 0 Å². The van der Waals surface area contributed by atoms with Gasteiger partial charge in [0, 0.05) is 19.6 Å². The maximum Gasteiger partial charge on any atom is 0.326 e. The fraction of sp³-hybridized carbons (Fsp3) is 0.760. The van der Waals surface area contributed by atoms with Crippen LogP contribution in [0.4, 0.5) is 0 Å². The van der Waals surface area contributed by atoms with Gasteiger partial charge in [0.05, 0.1) is 18.8 Å². The molecule has 0 aliphatic carbocycles. The van der Waals surface area contributed by atoms with Crippen LogP contribution < -0.4 is 71.2 Å². The molecule has 79 heavy (non-hydrogen) atoms. The first kappa shape index (κ1) is 70.1. The molecular formula is C50H92N16O13. The summed E-state index contributed by atoms with van der Waals surface area (Å²) in [6.07, 6.45) is 0.145. The Kier molecular flexibility index (Phi) is 31.0. The highest BCUT2D eigenvalue weighted by Gasteiger charge is 2.41. The fourth-order valence-corrected chi connectivity index (χ4v) is 8.40. The molecule has 450 valence electrons. The monoisotopic (exact) mass is 1120 g/mol. The van der Waals surface area contributed by atoms with Gasteiger partial charge in [0.25, 0.3) is 0 Å². The predicted molar refractivity (Wildman–Crippen MR) is 293 cm³/mol. The van der Waals surface area contributed by atoms with Crippen LogP contribution >= 0.6 is 0 Å². The Balaban J connectivity index is 3.22. The molecule has 1 aliphatic heterocycles. The van der Waals surface area contributed by atoms with Crippen molar-refractivity contribution in [2.24, 2.45) is 62.3 Å². The molecule has 1 rings (SSSR count). The van der Waals surface area contributed by atoms with E-state index in [4.69, 9.17) is 28.7 Å². The number of hydrogen-bond acceptors (Lipinski definition) is 15. The molecule has 29 heteroatoms. The summed E-state index contributed by atoms with van der Waals surface area (Å²) in [6, 6.07) is -12.9. The van der Waals surface area contributed by atoms with Gasteiger partial charge < -0.3 is 91.4 Å². The van der Waals surface area contributed by atoms with Crippen LogP contribution in [0.2, 0.25) is 0 Å². The minimum atomic E-state index is -1.61. The van der Waals surface area contributed by atoms with Crippen LogP contribution in [0.1, 0.15) is 127 Å². The van der Waals surface area contributed by atoms with Gasteiger partial charge in [-0.15, -0.1) is 0 Å². The van der Waals surface area contributed by atoms with Gasteiger partial charge in [0.1, 0.15) is 54.4 Å². The molecule has 1 heterocycles. The number of nitrogens with one attached hydrogen (secondary N) is 8. The molecule has 1 saturated heterocycles. The minimum Gasteiger partial charge on any atom is -0.480 e. The zero-order valence-corrected chi connectivity index (χ0v) is 47.5. The minimum absolute atomic E-state index is 0.0751. The second kappa shape index (κ2) is 34.9. The molecule has 1 fully saturated rings. The molecule has 9 amide bonds. The standard InChI is InChI=1S/C50H92N16O13/c1-24(2)20-32(60-41(71)33(21-25(3)4)61-46(76)38(29(10)68)65-40(70)30(51)14-11-17-56-49(52)53)42(72)62-34(22-26(5)6)47(77)66-19-13-16-36(66)44(74)58-28(9)39(69)64-37(27(7)8)45(75)63-35(23-67)43(73)59-31(48(78)79)15-12-18-57-50(54)55/h24-38,67-68H,11-23,51H2,1-10H3,(H,58,74)(H,59,73)(H,60,71)(H,61,76)(H,62,72)(H,63,75)(H,64,69)(H,65,70)(H,78,79)(H4,52,53,56)(H4,54,55,57)/t28-,29+,30-,31-,32-,33-,34-,35-,36-,37-,38-/m0/s1. The smallest absolute Gasteiger partial charge is 0.326 e. The summed E-state index contributed by atoms with van der Waals surface area (Å²) in [5, 5.41) is 50.5. The van der Waals surface area contributed by atoms with E-state index < -0.39 is 138 Å². The molecule has 0 aromatic heterocycles. The second-order valence-electron chi connectivity index (χ2n) is 21.6. The Hall–Kier alpha value is -6.88. The number of carbonyl (C=O) groups is 10. The van der Waals surface area contributed by atoms with E-state index in [0.717, 1.165) is 0 Å². The number of nitrogens with zero attached hydrogens (tertiary/aromatic N) is 3. The molecule has 0 unspecified atom stereocenters. The lowest BCUT2D eigenvalue weighted by Crippen LogP contribution is -2.61. The lowest BCUT2D eigenvalue weighted by Gasteiger charge is -2.32. The highest BCUT2D eigenvalue weighted by Crippen LogP contribution is 2.21. The number of aliphatic imine (C=N–C) groups is 2. The highest BCUT2D eigenvalue weighted by molar-refractivity contribution is 5.98. The Bertz CT molecular complexity index is 2120. The van der Waals surface area contributed by atoms with E-state index in [2.05, 4.69) is 52.5 Å². The molecule has 0 radical (unpaired) electrons. The van der Waals surface area contributed by atoms with Crippen LogP contribution in [-0.4, -0.2) is 184 Å². The van der Waals surface area contributed by atoms with E-state index in [0.29, 0.717) is 12.8 Å². The fourth-order valence-electron chi connectivity index (χ4n) is 8.40. The molecule has 1 aliphatic rings. The third-order valence-corrected chi connectivity index (χ3v) is 12.6. The zero-order chi connectivity index (χ0) is 60.4. The number of rotatable bonds is 35. The number of carboxylic acids is 1. The predicted octanol–water partition coefficient (Wildman–Crippen LogP) is -4.44. The topological polar surface area (TPSA) is 486 Å². The quantitative estimate of drug-likeness (QED) is 0.0162. The Morgan fingerprint density at radius 2 is 0.975 bits per heavy atom. The van der Waals surface area contributed by atoms with Crippen molar-refractivity contribution in [3.8, 4) is 0 Å². The van der Waals surface area contributed by atoms with Crippen LogP contribution in [0.3, 0.4) is 0 Å². The van der Waals surface area contributed by atoms with Crippen LogP contribution in [0.25, 0.3) is 0 Å². The molecule has 0 saturated carbocycles. The first-order chi connectivity index (χ1) is 36.8. The van der Waals surface area contributed by atoms with E-state index >= 15 is 0 Å². The van der Waals surface area contributed by atoms with Crippen molar-refractivity contribution in [1.82, 2.24) is 47.4 Å². The third kappa shape index (κ3) is 25.6. The lowest BCUT2D eigenvalue weighted by molar-refractivity contribution is -0.143. The van der Waals surface area contributed by atoms with Crippen molar-refractivity contribution in [3.05, 3.63) is 0 Å². The molecule has 29 nitrogen and oxygen atoms in total. The van der Waals surface area contributed by atoms with Crippen molar-refractivity contribution < 1.29 is 63.3 Å². The van der Waals surface area contributed by atoms with Crippen LogP contribution in [-0.2, 0) is 47.9 Å². The normalized spacial score (nSPS) is 17.1. The van der Waals surface area contributed by atoms with Crippen LogP contribution in [0.15, 0.2) is 9.98 Å². The third-order valence-electron chi connectivity index (χ3n) is 12.6. The Labute approximate surface area is 462 Å². The molecule has 11 atom stereocenters. The summed E-state index contributed by atoms with van der Waals surface area (Å²) in [5.41, 5.74) is 27.3. The number of carbonyl (C=O) groups excluding carboxylic acids is 9. The number of nitrogens with two attached hydrogens (primary N) is 5. The van der Waals surface area contributed by atoms with Gasteiger partial charge in [0.2, 0.25) is 53.2 Å². The molecule has 21 N–H and O–H groups in total. The van der Waals surface area contributed by atoms with Crippen molar-refractivity contribution >= 4 is 71.1 Å². The van der Waals surface area contributed by atoms with Gasteiger partial charge >= 0.3 is 5.97 Å². The number of likely N-dealkylation sites (tertiary alicyclic amines) is 1. The van der Waals surface area contributed by atoms with Gasteiger partial charge in [-0.3, -0.25) is 53.1 Å². The van der Waals surface area contributed by atoms with Gasteiger partial charge in [0.15, 0.2) is 11.9 Å². The first-order valence-corrected chi connectivity index (χ1v) is 26.9. The van der Waals surface area contributed by atoms with Crippen molar-refractivity contribution in [2.75, 3.05) is 26.2 Å². The average molecular weight is 1130 g/mol. The van der Waals surface area contributed by atoms with Crippen LogP contribution in [0, 0.1) is 23.7 Å². The summed E-state index contributed by atoms with van der Waals surface area (Å²) < 4.78 is 0. The summed E-state index contributed by atoms with van der Waals surface area (Å²) >= 11 is 0. The largest absolute Gasteiger partial charge is 0.480 e. The average Bonchev–Trinajstić information content (AvgIpc) is 3.85. The lowest BCUT2D eigenvalue weighted by atomic mass is 9.98. The number of guanidine groups is 2. The number of aliphatic hydroxyl groups excluding tert-OH is 2. The summed E-state index contributed by atoms with van der Waals surface area (Å²) in [6.45, 7) is 16.3. The SMILES string of the molecule is CC(C)C[C@H](NC(=O)[C@H](CC(C)C)NC(=O)[C@@H](NC(=O)[C@@H](N)CCCN=C(N)N)[C@@H](C)O)C(=O)N[C@@H](CC(C)C)C(=O)N1CCC[C@H]1C(=O)N[C@@H](C)C(=O)N[C@H](C(=O)N[C@@H](CO)C(=O)N[C@@H](CCCN=C(N)N)C(=O)O)C(C)C. The van der Waals surface area contributed by atoms with E-state index in [1.165, 1.54) is 18.7 Å². The van der Waals surface area contributed by atoms with E-state index in [1.807, 2.05) is 27.7 Å². The number of amides is 9. The Morgan fingerprint density at radius 3 is 1.44 bits per heavy atom. The summed E-state index contributed by atoms with van der Waals surface area (Å²) in [7, 11) is 0. The molecule has 0 bridgehead atoms. The van der Waals surface area contributed by atoms with E-state index in [9.17, 15) is 63.3 Å².